The van der Waals surface area contributed by atoms with Crippen LogP contribution in [-0.4, -0.2) is 5.11 Å². The number of rotatable bonds is 1. The van der Waals surface area contributed by atoms with Crippen LogP contribution < -0.4 is 0 Å². The minimum absolute atomic E-state index is 0.103. The fourth-order valence-electron chi connectivity index (χ4n) is 1.22. The monoisotopic (exact) mass is 322 g/mol. The highest BCUT2D eigenvalue weighted by molar-refractivity contribution is 14.1. The summed E-state index contributed by atoms with van der Waals surface area (Å²) in [4.78, 5) is 0. The fraction of sp³-hybridized carbons (Fsp3) is 0.111. The maximum atomic E-state index is 9.06. The summed E-state index contributed by atoms with van der Waals surface area (Å²) < 4.78 is 3.36. The Kier molecular flexibility index (Phi) is 2.83. The standard InChI is InChI=1S/C9H7IOS2/c10-7-3-8-5(1-6(7)4-11)2-9(12)13-8/h1-3,11-12H,4H2. The molecule has 0 radical (unpaired) electrons. The topological polar surface area (TPSA) is 20.2 Å². The maximum absolute atomic E-state index is 9.06. The van der Waals surface area contributed by atoms with Gasteiger partial charge in [-0.05, 0) is 51.7 Å². The third kappa shape index (κ3) is 1.86. The summed E-state index contributed by atoms with van der Waals surface area (Å²) in [5.41, 5.74) is 0.985. The van der Waals surface area contributed by atoms with Gasteiger partial charge in [-0.3, -0.25) is 0 Å². The first kappa shape index (κ1) is 9.76. The van der Waals surface area contributed by atoms with Crippen molar-refractivity contribution >= 4 is 56.6 Å². The van der Waals surface area contributed by atoms with E-state index >= 15 is 0 Å². The zero-order valence-electron chi connectivity index (χ0n) is 6.62. The van der Waals surface area contributed by atoms with Crippen LogP contribution in [0.3, 0.4) is 0 Å². The lowest BCUT2D eigenvalue weighted by atomic mass is 10.2. The van der Waals surface area contributed by atoms with E-state index in [4.69, 9.17) is 5.11 Å². The van der Waals surface area contributed by atoms with E-state index in [9.17, 15) is 0 Å². The Balaban J connectivity index is 2.72. The van der Waals surface area contributed by atoms with Gasteiger partial charge < -0.3 is 5.11 Å². The van der Waals surface area contributed by atoms with Gasteiger partial charge in [-0.1, -0.05) is 0 Å². The van der Waals surface area contributed by atoms with E-state index < -0.39 is 0 Å². The summed E-state index contributed by atoms with van der Waals surface area (Å²) in [5, 5.41) is 10.2. The molecule has 2 rings (SSSR count). The molecule has 0 saturated heterocycles. The van der Waals surface area contributed by atoms with Crippen LogP contribution in [0, 0.1) is 3.57 Å². The van der Waals surface area contributed by atoms with Crippen molar-refractivity contribution in [3.05, 3.63) is 27.3 Å². The van der Waals surface area contributed by atoms with E-state index in [1.165, 1.54) is 10.1 Å². The van der Waals surface area contributed by atoms with Gasteiger partial charge in [0.1, 0.15) is 0 Å². The second-order valence-electron chi connectivity index (χ2n) is 2.72. The number of aliphatic hydroxyl groups is 1. The molecule has 0 bridgehead atoms. The van der Waals surface area contributed by atoms with Crippen LogP contribution in [0.1, 0.15) is 5.56 Å². The highest BCUT2D eigenvalue weighted by Crippen LogP contribution is 2.31. The van der Waals surface area contributed by atoms with Gasteiger partial charge in [0.15, 0.2) is 0 Å². The van der Waals surface area contributed by atoms with Gasteiger partial charge in [-0.15, -0.1) is 24.0 Å². The molecule has 0 saturated carbocycles. The van der Waals surface area contributed by atoms with Crippen LogP contribution in [0.15, 0.2) is 22.4 Å². The number of thiophene rings is 1. The van der Waals surface area contributed by atoms with E-state index in [1.807, 2.05) is 12.1 Å². The van der Waals surface area contributed by atoms with Crippen LogP contribution in [0.25, 0.3) is 10.1 Å². The smallest absolute Gasteiger partial charge is 0.0692 e. The van der Waals surface area contributed by atoms with E-state index in [1.54, 1.807) is 11.3 Å². The Morgan fingerprint density at radius 1 is 1.38 bits per heavy atom. The van der Waals surface area contributed by atoms with Crippen molar-refractivity contribution in [1.82, 2.24) is 0 Å². The minimum atomic E-state index is 0.103. The zero-order chi connectivity index (χ0) is 9.42. The quantitative estimate of drug-likeness (QED) is 0.610. The van der Waals surface area contributed by atoms with Crippen molar-refractivity contribution in [3.63, 3.8) is 0 Å². The largest absolute Gasteiger partial charge is 0.392 e. The van der Waals surface area contributed by atoms with Crippen molar-refractivity contribution in [2.75, 3.05) is 0 Å². The molecule has 0 aliphatic heterocycles. The first-order chi connectivity index (χ1) is 6.20. The molecule has 1 aromatic carbocycles. The number of aliphatic hydroxyl groups excluding tert-OH is 1. The van der Waals surface area contributed by atoms with Crippen LogP contribution in [0.5, 0.6) is 0 Å². The Bertz CT molecular complexity index is 450. The Morgan fingerprint density at radius 3 is 2.85 bits per heavy atom. The van der Waals surface area contributed by atoms with E-state index in [0.29, 0.717) is 0 Å². The lowest BCUT2D eigenvalue weighted by Gasteiger charge is -1.99. The third-order valence-corrected chi connectivity index (χ3v) is 4.15. The first-order valence-electron chi connectivity index (χ1n) is 3.72. The first-order valence-corrected chi connectivity index (χ1v) is 6.07. The van der Waals surface area contributed by atoms with Crippen molar-refractivity contribution in [3.8, 4) is 0 Å². The third-order valence-electron chi connectivity index (χ3n) is 1.84. The molecule has 0 unspecified atom stereocenters. The SMILES string of the molecule is OCc1cc2cc(S)sc2cc1I. The number of hydrogen-bond donors (Lipinski definition) is 2. The average Bonchev–Trinajstić information content (AvgIpc) is 2.42. The van der Waals surface area contributed by atoms with E-state index in [0.717, 1.165) is 13.3 Å². The highest BCUT2D eigenvalue weighted by atomic mass is 127. The van der Waals surface area contributed by atoms with Crippen molar-refractivity contribution in [2.24, 2.45) is 0 Å². The Labute approximate surface area is 99.3 Å². The molecule has 2 aromatic rings. The maximum Gasteiger partial charge on any atom is 0.0692 e. The summed E-state index contributed by atoms with van der Waals surface area (Å²) >= 11 is 8.20. The lowest BCUT2D eigenvalue weighted by Crippen LogP contribution is -1.86. The molecule has 1 N–H and O–H groups in total. The van der Waals surface area contributed by atoms with Gasteiger partial charge in [0.2, 0.25) is 0 Å². The molecule has 1 nitrogen and oxygen atoms in total. The van der Waals surface area contributed by atoms with Crippen LogP contribution in [0.4, 0.5) is 0 Å². The van der Waals surface area contributed by atoms with Gasteiger partial charge in [0.25, 0.3) is 0 Å². The molecular weight excluding hydrogens is 315 g/mol. The van der Waals surface area contributed by atoms with Crippen LogP contribution >= 0.6 is 46.6 Å². The number of thiol groups is 1. The zero-order valence-corrected chi connectivity index (χ0v) is 10.5. The fourth-order valence-corrected chi connectivity index (χ4v) is 3.32. The summed E-state index contributed by atoms with van der Waals surface area (Å²) in [5.74, 6) is 0. The predicted molar refractivity (Wildman–Crippen MR) is 67.7 cm³/mol. The second kappa shape index (κ2) is 3.76. The molecule has 1 aromatic heterocycles. The van der Waals surface area contributed by atoms with Gasteiger partial charge in [-0.2, -0.15) is 0 Å². The highest BCUT2D eigenvalue weighted by Gasteiger charge is 2.04. The Hall–Kier alpha value is 0.220. The summed E-state index contributed by atoms with van der Waals surface area (Å²) in [6.07, 6.45) is 0. The van der Waals surface area contributed by atoms with Gasteiger partial charge in [0.05, 0.1) is 10.8 Å². The summed E-state index contributed by atoms with van der Waals surface area (Å²) in [7, 11) is 0. The van der Waals surface area contributed by atoms with Gasteiger partial charge >= 0.3 is 0 Å². The number of hydrogen-bond acceptors (Lipinski definition) is 3. The van der Waals surface area contributed by atoms with Gasteiger partial charge in [0, 0.05) is 8.27 Å². The molecule has 0 amide bonds. The molecule has 0 fully saturated rings. The predicted octanol–water partition coefficient (Wildman–Crippen LogP) is 3.29. The summed E-state index contributed by atoms with van der Waals surface area (Å²) in [6, 6.07) is 6.14. The second-order valence-corrected chi connectivity index (χ2v) is 5.75. The van der Waals surface area contributed by atoms with E-state index in [-0.39, 0.29) is 6.61 Å². The number of benzene rings is 1. The molecule has 0 aliphatic carbocycles. The number of halogens is 1. The number of fused-ring (bicyclic) bond motifs is 1. The molecule has 68 valence electrons. The Morgan fingerprint density at radius 2 is 2.15 bits per heavy atom. The van der Waals surface area contributed by atoms with Crippen molar-refractivity contribution in [1.29, 1.82) is 0 Å². The van der Waals surface area contributed by atoms with Gasteiger partial charge in [-0.25, -0.2) is 0 Å². The molecule has 0 atom stereocenters. The molecule has 13 heavy (non-hydrogen) atoms. The normalized spacial score (nSPS) is 11.0. The minimum Gasteiger partial charge on any atom is -0.392 e. The molecule has 4 heteroatoms. The van der Waals surface area contributed by atoms with Crippen LogP contribution in [0.2, 0.25) is 0 Å². The summed E-state index contributed by atoms with van der Waals surface area (Å²) in [6.45, 7) is 0.103. The average molecular weight is 322 g/mol. The van der Waals surface area contributed by atoms with E-state index in [2.05, 4.69) is 41.3 Å². The molecular formula is C9H7IOS2. The molecule has 0 aliphatic rings. The molecule has 0 spiro atoms. The molecule has 1 heterocycles. The van der Waals surface area contributed by atoms with Crippen molar-refractivity contribution in [2.45, 2.75) is 10.8 Å². The van der Waals surface area contributed by atoms with Crippen LogP contribution in [-0.2, 0) is 6.61 Å². The lowest BCUT2D eigenvalue weighted by molar-refractivity contribution is 0.281. The van der Waals surface area contributed by atoms with Crippen molar-refractivity contribution < 1.29 is 5.11 Å².